The first-order valence-corrected chi connectivity index (χ1v) is 10.3. The third kappa shape index (κ3) is 3.11. The SMILES string of the molecule is CCc1ccc(N2C[C@@](O)(c3ccc(OC)cc3F)[N+]3=C2SCCC3)cc1. The van der Waals surface area contributed by atoms with E-state index in [9.17, 15) is 9.50 Å². The maximum atomic E-state index is 14.8. The highest BCUT2D eigenvalue weighted by Crippen LogP contribution is 2.39. The molecule has 0 amide bonds. The lowest BCUT2D eigenvalue weighted by Crippen LogP contribution is -2.42. The van der Waals surface area contributed by atoms with Gasteiger partial charge in [-0.1, -0.05) is 19.1 Å². The van der Waals surface area contributed by atoms with E-state index in [2.05, 4.69) is 36.1 Å². The maximum absolute atomic E-state index is 14.8. The lowest BCUT2D eigenvalue weighted by atomic mass is 10.0. The minimum Gasteiger partial charge on any atom is -0.497 e. The lowest BCUT2D eigenvalue weighted by molar-refractivity contribution is -0.657. The number of amidine groups is 1. The zero-order chi connectivity index (χ0) is 19.0. The zero-order valence-electron chi connectivity index (χ0n) is 15.6. The van der Waals surface area contributed by atoms with Crippen LogP contribution in [-0.2, 0) is 12.1 Å². The normalized spacial score (nSPS) is 22.1. The molecule has 0 aliphatic carbocycles. The Labute approximate surface area is 163 Å². The summed E-state index contributed by atoms with van der Waals surface area (Å²) in [6.07, 6.45) is 1.94. The van der Waals surface area contributed by atoms with Crippen molar-refractivity contribution in [3.8, 4) is 5.75 Å². The molecule has 2 aromatic carbocycles. The summed E-state index contributed by atoms with van der Waals surface area (Å²) in [6, 6.07) is 13.0. The molecule has 4 nitrogen and oxygen atoms in total. The van der Waals surface area contributed by atoms with Crippen LogP contribution in [0.2, 0.25) is 0 Å². The Hall–Kier alpha value is -2.05. The lowest BCUT2D eigenvalue weighted by Gasteiger charge is -2.24. The van der Waals surface area contributed by atoms with Crippen molar-refractivity contribution >= 4 is 22.6 Å². The van der Waals surface area contributed by atoms with E-state index in [4.69, 9.17) is 4.74 Å². The van der Waals surface area contributed by atoms with Gasteiger partial charge in [-0.3, -0.25) is 0 Å². The molecule has 0 fully saturated rings. The number of anilines is 1. The summed E-state index contributed by atoms with van der Waals surface area (Å²) in [4.78, 5) is 2.10. The second-order valence-electron chi connectivity index (χ2n) is 6.90. The molecular formula is C21H24FN2O2S+. The molecule has 4 rings (SSSR count). The van der Waals surface area contributed by atoms with E-state index in [1.165, 1.54) is 18.7 Å². The van der Waals surface area contributed by atoms with Crippen LogP contribution in [0.25, 0.3) is 0 Å². The summed E-state index contributed by atoms with van der Waals surface area (Å²) in [5, 5.41) is 12.6. The van der Waals surface area contributed by atoms with Gasteiger partial charge >= 0.3 is 5.17 Å². The molecule has 0 radical (unpaired) electrons. The fourth-order valence-corrected chi connectivity index (χ4v) is 4.97. The summed E-state index contributed by atoms with van der Waals surface area (Å²) in [5.74, 6) is 0.994. The van der Waals surface area contributed by atoms with E-state index in [1.54, 1.807) is 23.9 Å². The van der Waals surface area contributed by atoms with E-state index in [0.29, 0.717) is 18.8 Å². The number of halogens is 1. The Morgan fingerprint density at radius 2 is 2.04 bits per heavy atom. The Balaban J connectivity index is 1.77. The Bertz CT molecular complexity index is 884. The van der Waals surface area contributed by atoms with Crippen molar-refractivity contribution in [1.82, 2.24) is 0 Å². The number of aryl methyl sites for hydroxylation is 1. The molecule has 2 heterocycles. The van der Waals surface area contributed by atoms with Gasteiger partial charge in [-0.05, 0) is 54.4 Å². The highest BCUT2D eigenvalue weighted by atomic mass is 32.2. The van der Waals surface area contributed by atoms with E-state index < -0.39 is 11.5 Å². The van der Waals surface area contributed by atoms with Gasteiger partial charge in [-0.2, -0.15) is 0 Å². The van der Waals surface area contributed by atoms with Crippen LogP contribution in [0.15, 0.2) is 42.5 Å². The van der Waals surface area contributed by atoms with Crippen molar-refractivity contribution in [2.45, 2.75) is 25.5 Å². The first-order chi connectivity index (χ1) is 13.1. The first-order valence-electron chi connectivity index (χ1n) is 9.27. The van der Waals surface area contributed by atoms with E-state index in [0.717, 1.165) is 29.4 Å². The molecular weight excluding hydrogens is 363 g/mol. The Morgan fingerprint density at radius 3 is 2.70 bits per heavy atom. The maximum Gasteiger partial charge on any atom is 0.316 e. The minimum atomic E-state index is -1.40. The molecule has 2 aliphatic heterocycles. The van der Waals surface area contributed by atoms with Crippen molar-refractivity contribution in [1.29, 1.82) is 0 Å². The largest absolute Gasteiger partial charge is 0.497 e. The average Bonchev–Trinajstić information content (AvgIpc) is 3.02. The summed E-state index contributed by atoms with van der Waals surface area (Å²) in [5.41, 5.74) is 1.18. The van der Waals surface area contributed by atoms with Crippen LogP contribution in [0.3, 0.4) is 0 Å². The molecule has 0 spiro atoms. The molecule has 6 heteroatoms. The molecule has 0 aromatic heterocycles. The second kappa shape index (κ2) is 7.17. The van der Waals surface area contributed by atoms with Crippen LogP contribution in [0, 0.1) is 5.82 Å². The summed E-state index contributed by atoms with van der Waals surface area (Å²) < 4.78 is 21.9. The molecule has 0 bridgehead atoms. The van der Waals surface area contributed by atoms with Gasteiger partial charge in [0.1, 0.15) is 17.3 Å². The standard InChI is InChI=1S/C21H24FN2O2S/c1-3-15-5-7-16(8-6-15)23-14-21(25,24-11-4-12-27-20(23)24)18-10-9-17(26-2)13-19(18)22/h5-10,13,25H,3-4,11-12,14H2,1-2H3/q+1/t21-/m1/s1. The number of thioether (sulfide) groups is 1. The van der Waals surface area contributed by atoms with Crippen molar-refractivity contribution in [3.63, 3.8) is 0 Å². The smallest absolute Gasteiger partial charge is 0.316 e. The fourth-order valence-electron chi connectivity index (χ4n) is 3.79. The third-order valence-electron chi connectivity index (χ3n) is 5.31. The van der Waals surface area contributed by atoms with Gasteiger partial charge in [-0.25, -0.2) is 13.9 Å². The zero-order valence-corrected chi connectivity index (χ0v) is 16.4. The molecule has 2 aliphatic rings. The van der Waals surface area contributed by atoms with Gasteiger partial charge in [-0.15, -0.1) is 0 Å². The van der Waals surface area contributed by atoms with Gasteiger partial charge < -0.3 is 9.84 Å². The van der Waals surface area contributed by atoms with Crippen LogP contribution < -0.4 is 9.64 Å². The van der Waals surface area contributed by atoms with E-state index in [-0.39, 0.29) is 5.56 Å². The van der Waals surface area contributed by atoms with Crippen LogP contribution in [0.1, 0.15) is 24.5 Å². The monoisotopic (exact) mass is 387 g/mol. The number of benzene rings is 2. The number of ether oxygens (including phenoxy) is 1. The minimum absolute atomic E-state index is 0.288. The number of nitrogens with zero attached hydrogens (tertiary/aromatic N) is 2. The third-order valence-corrected chi connectivity index (χ3v) is 6.50. The molecule has 142 valence electrons. The van der Waals surface area contributed by atoms with Crippen LogP contribution in [0.4, 0.5) is 10.1 Å². The predicted molar refractivity (Wildman–Crippen MR) is 107 cm³/mol. The molecule has 0 saturated carbocycles. The Kier molecular flexibility index (Phi) is 4.86. The number of β-amino-alcohol motifs (C(OH)–C–C–N with tert-alkyl or cyclic N) is 1. The second-order valence-corrected chi connectivity index (χ2v) is 7.97. The summed E-state index contributed by atoms with van der Waals surface area (Å²) in [7, 11) is 1.51. The molecule has 2 aromatic rings. The van der Waals surface area contributed by atoms with Crippen LogP contribution in [0.5, 0.6) is 5.75 Å². The predicted octanol–water partition coefficient (Wildman–Crippen LogP) is 3.57. The molecule has 1 atom stereocenters. The average molecular weight is 388 g/mol. The summed E-state index contributed by atoms with van der Waals surface area (Å²) >= 11 is 1.72. The van der Waals surface area contributed by atoms with Crippen molar-refractivity contribution in [3.05, 3.63) is 59.4 Å². The number of rotatable bonds is 4. The van der Waals surface area contributed by atoms with Gasteiger partial charge in [0.25, 0.3) is 5.72 Å². The number of methoxy groups -OCH3 is 1. The Morgan fingerprint density at radius 1 is 1.26 bits per heavy atom. The van der Waals surface area contributed by atoms with Crippen LogP contribution >= 0.6 is 11.8 Å². The molecule has 0 unspecified atom stereocenters. The van der Waals surface area contributed by atoms with Gasteiger partial charge in [0, 0.05) is 11.8 Å². The van der Waals surface area contributed by atoms with Crippen molar-refractivity contribution in [2.75, 3.05) is 30.9 Å². The number of hydrogen-bond acceptors (Lipinski definition) is 4. The molecule has 1 N–H and O–H groups in total. The van der Waals surface area contributed by atoms with E-state index in [1.807, 2.05) is 4.58 Å². The molecule has 27 heavy (non-hydrogen) atoms. The number of aliphatic hydroxyl groups is 1. The van der Waals surface area contributed by atoms with E-state index >= 15 is 0 Å². The van der Waals surface area contributed by atoms with Gasteiger partial charge in [0.15, 0.2) is 6.54 Å². The molecule has 0 saturated heterocycles. The first kappa shape index (κ1) is 18.3. The highest BCUT2D eigenvalue weighted by molar-refractivity contribution is 8.13. The number of hydrogen-bond donors (Lipinski definition) is 1. The summed E-state index contributed by atoms with van der Waals surface area (Å²) in [6.45, 7) is 3.13. The van der Waals surface area contributed by atoms with Gasteiger partial charge in [0.2, 0.25) is 0 Å². The quantitative estimate of drug-likeness (QED) is 0.814. The van der Waals surface area contributed by atoms with Crippen molar-refractivity contribution < 1.29 is 18.8 Å². The fraction of sp³-hybridized carbons (Fsp3) is 0.381. The van der Waals surface area contributed by atoms with Gasteiger partial charge in [0.05, 0.1) is 19.2 Å². The topological polar surface area (TPSA) is 35.7 Å². The van der Waals surface area contributed by atoms with Crippen LogP contribution in [-0.4, -0.2) is 40.8 Å². The highest BCUT2D eigenvalue weighted by Gasteiger charge is 2.54. The van der Waals surface area contributed by atoms with Crippen molar-refractivity contribution in [2.24, 2.45) is 0 Å².